The standard InChI is InChI=1S/C12H16N2O6/c1-12(2,11(15)16)13-7-5-9(19-3)10(20-4)6-8(7)14(17)18/h5-6,13H,1-4H3,(H,15,16). The van der Waals surface area contributed by atoms with Crippen molar-refractivity contribution >= 4 is 17.3 Å². The molecule has 1 rings (SSSR count). The molecule has 0 aromatic heterocycles. The van der Waals surface area contributed by atoms with Crippen LogP contribution in [0.15, 0.2) is 12.1 Å². The van der Waals surface area contributed by atoms with Crippen LogP contribution in [-0.2, 0) is 4.79 Å². The SMILES string of the molecule is COc1cc(NC(C)(C)C(=O)O)c([N+](=O)[O-])cc1OC. The van der Waals surface area contributed by atoms with Crippen molar-refractivity contribution in [2.75, 3.05) is 19.5 Å². The van der Waals surface area contributed by atoms with E-state index in [0.717, 1.165) is 0 Å². The van der Waals surface area contributed by atoms with Crippen LogP contribution in [0.3, 0.4) is 0 Å². The van der Waals surface area contributed by atoms with Crippen LogP contribution in [0.4, 0.5) is 11.4 Å². The Bertz CT molecular complexity index is 541. The molecule has 0 bridgehead atoms. The maximum atomic E-state index is 11.1. The Kier molecular flexibility index (Phi) is 4.38. The van der Waals surface area contributed by atoms with Crippen molar-refractivity contribution in [3.63, 3.8) is 0 Å². The van der Waals surface area contributed by atoms with Gasteiger partial charge in [0.15, 0.2) is 11.5 Å². The van der Waals surface area contributed by atoms with Gasteiger partial charge in [0.05, 0.1) is 25.2 Å². The Hall–Kier alpha value is -2.51. The van der Waals surface area contributed by atoms with E-state index in [1.807, 2.05) is 0 Å². The average Bonchev–Trinajstić information content (AvgIpc) is 2.37. The highest BCUT2D eigenvalue weighted by Gasteiger charge is 2.30. The summed E-state index contributed by atoms with van der Waals surface area (Å²) in [5.74, 6) is -0.679. The van der Waals surface area contributed by atoms with E-state index in [2.05, 4.69) is 5.32 Å². The van der Waals surface area contributed by atoms with Gasteiger partial charge in [0.25, 0.3) is 5.69 Å². The van der Waals surface area contributed by atoms with Gasteiger partial charge in [0.2, 0.25) is 0 Å². The molecule has 0 heterocycles. The number of anilines is 1. The van der Waals surface area contributed by atoms with Crippen LogP contribution in [0.2, 0.25) is 0 Å². The molecule has 0 fully saturated rings. The Morgan fingerprint density at radius 3 is 2.20 bits per heavy atom. The first kappa shape index (κ1) is 15.5. The molecule has 8 nitrogen and oxygen atoms in total. The lowest BCUT2D eigenvalue weighted by Gasteiger charge is -2.22. The van der Waals surface area contributed by atoms with Gasteiger partial charge in [-0.15, -0.1) is 0 Å². The van der Waals surface area contributed by atoms with Gasteiger partial charge in [0.1, 0.15) is 11.2 Å². The van der Waals surface area contributed by atoms with Gasteiger partial charge in [-0.2, -0.15) is 0 Å². The predicted molar refractivity (Wildman–Crippen MR) is 71.5 cm³/mol. The minimum absolute atomic E-state index is 0.0417. The van der Waals surface area contributed by atoms with E-state index in [1.165, 1.54) is 40.2 Å². The summed E-state index contributed by atoms with van der Waals surface area (Å²) in [6.07, 6.45) is 0. The van der Waals surface area contributed by atoms with Crippen molar-refractivity contribution in [2.24, 2.45) is 0 Å². The summed E-state index contributed by atoms with van der Waals surface area (Å²) in [6.45, 7) is 2.80. The number of hydrogen-bond acceptors (Lipinski definition) is 6. The van der Waals surface area contributed by atoms with Crippen LogP contribution >= 0.6 is 0 Å². The van der Waals surface area contributed by atoms with E-state index in [9.17, 15) is 14.9 Å². The van der Waals surface area contributed by atoms with E-state index in [4.69, 9.17) is 14.6 Å². The molecule has 20 heavy (non-hydrogen) atoms. The van der Waals surface area contributed by atoms with Crippen molar-refractivity contribution in [1.29, 1.82) is 0 Å². The molecule has 1 aromatic rings. The number of nitrogens with one attached hydrogen (secondary N) is 1. The molecule has 1 aromatic carbocycles. The third-order valence-electron chi connectivity index (χ3n) is 2.68. The van der Waals surface area contributed by atoms with Crippen LogP contribution in [-0.4, -0.2) is 35.8 Å². The number of rotatable bonds is 6. The van der Waals surface area contributed by atoms with Crippen LogP contribution in [0.25, 0.3) is 0 Å². The predicted octanol–water partition coefficient (Wildman–Crippen LogP) is 1.89. The third kappa shape index (κ3) is 3.08. The highest BCUT2D eigenvalue weighted by Crippen LogP contribution is 2.38. The summed E-state index contributed by atoms with van der Waals surface area (Å²) >= 11 is 0. The third-order valence-corrected chi connectivity index (χ3v) is 2.68. The average molecular weight is 284 g/mol. The molecule has 0 spiro atoms. The fourth-order valence-electron chi connectivity index (χ4n) is 1.51. The molecule has 0 aliphatic carbocycles. The summed E-state index contributed by atoms with van der Waals surface area (Å²) in [6, 6.07) is 2.51. The van der Waals surface area contributed by atoms with Gasteiger partial charge >= 0.3 is 5.97 Å². The molecule has 0 aliphatic heterocycles. The van der Waals surface area contributed by atoms with Crippen molar-refractivity contribution in [3.8, 4) is 11.5 Å². The van der Waals surface area contributed by atoms with Gasteiger partial charge in [-0.25, -0.2) is 4.79 Å². The molecule has 0 saturated heterocycles. The minimum Gasteiger partial charge on any atom is -0.493 e. The van der Waals surface area contributed by atoms with Crippen molar-refractivity contribution in [2.45, 2.75) is 19.4 Å². The number of methoxy groups -OCH3 is 2. The fourth-order valence-corrected chi connectivity index (χ4v) is 1.51. The molecule has 0 amide bonds. The lowest BCUT2D eigenvalue weighted by atomic mass is 10.1. The normalized spacial score (nSPS) is 10.8. The number of nitrogens with zero attached hydrogens (tertiary/aromatic N) is 1. The Morgan fingerprint density at radius 2 is 1.80 bits per heavy atom. The van der Waals surface area contributed by atoms with Crippen LogP contribution in [0.1, 0.15) is 13.8 Å². The molecule has 110 valence electrons. The van der Waals surface area contributed by atoms with E-state index in [0.29, 0.717) is 0 Å². The lowest BCUT2D eigenvalue weighted by Crippen LogP contribution is -2.40. The quantitative estimate of drug-likeness (QED) is 0.606. The molecule has 2 N–H and O–H groups in total. The second kappa shape index (κ2) is 5.64. The molecule has 0 unspecified atom stereocenters. The summed E-state index contributed by atoms with van der Waals surface area (Å²) < 4.78 is 10.0. The van der Waals surface area contributed by atoms with Crippen molar-refractivity contribution in [3.05, 3.63) is 22.2 Å². The Morgan fingerprint density at radius 1 is 1.30 bits per heavy atom. The number of carbonyl (C=O) groups is 1. The minimum atomic E-state index is -1.37. The molecule has 0 aliphatic rings. The molecular formula is C12H16N2O6. The van der Waals surface area contributed by atoms with Gasteiger partial charge in [0, 0.05) is 6.07 Å². The fraction of sp³-hybridized carbons (Fsp3) is 0.417. The number of carboxylic acid groups (broad SMARTS) is 1. The monoisotopic (exact) mass is 284 g/mol. The second-order valence-corrected chi connectivity index (χ2v) is 4.54. The lowest BCUT2D eigenvalue weighted by molar-refractivity contribution is -0.384. The number of ether oxygens (including phenoxy) is 2. The maximum absolute atomic E-state index is 11.1. The first-order valence-corrected chi connectivity index (χ1v) is 5.65. The molecule has 0 atom stereocenters. The zero-order valence-electron chi connectivity index (χ0n) is 11.6. The summed E-state index contributed by atoms with van der Waals surface area (Å²) in [4.78, 5) is 21.5. The molecule has 0 radical (unpaired) electrons. The molecular weight excluding hydrogens is 268 g/mol. The largest absolute Gasteiger partial charge is 0.493 e. The van der Waals surface area contributed by atoms with Gasteiger partial charge in [-0.3, -0.25) is 10.1 Å². The van der Waals surface area contributed by atoms with Crippen molar-refractivity contribution < 1.29 is 24.3 Å². The number of nitro benzene ring substituents is 1. The Labute approximate surface area is 115 Å². The number of hydrogen-bond donors (Lipinski definition) is 2. The highest BCUT2D eigenvalue weighted by atomic mass is 16.6. The van der Waals surface area contributed by atoms with E-state index in [1.54, 1.807) is 0 Å². The van der Waals surface area contributed by atoms with Crippen LogP contribution < -0.4 is 14.8 Å². The van der Waals surface area contributed by atoms with Crippen LogP contribution in [0, 0.1) is 10.1 Å². The first-order chi connectivity index (χ1) is 9.22. The van der Waals surface area contributed by atoms with Gasteiger partial charge < -0.3 is 19.9 Å². The second-order valence-electron chi connectivity index (χ2n) is 4.54. The Balaban J connectivity index is 3.36. The summed E-state index contributed by atoms with van der Waals surface area (Å²) in [5, 5.41) is 22.8. The van der Waals surface area contributed by atoms with Gasteiger partial charge in [-0.1, -0.05) is 0 Å². The summed E-state index contributed by atoms with van der Waals surface area (Å²) in [5.41, 5.74) is -1.62. The van der Waals surface area contributed by atoms with Crippen LogP contribution in [0.5, 0.6) is 11.5 Å². The maximum Gasteiger partial charge on any atom is 0.328 e. The number of benzene rings is 1. The van der Waals surface area contributed by atoms with E-state index < -0.39 is 16.4 Å². The van der Waals surface area contributed by atoms with Gasteiger partial charge in [-0.05, 0) is 13.8 Å². The summed E-state index contributed by atoms with van der Waals surface area (Å²) in [7, 11) is 2.74. The first-order valence-electron chi connectivity index (χ1n) is 5.65. The van der Waals surface area contributed by atoms with Crippen molar-refractivity contribution in [1.82, 2.24) is 0 Å². The number of carboxylic acids is 1. The topological polar surface area (TPSA) is 111 Å². The highest BCUT2D eigenvalue weighted by molar-refractivity contribution is 5.83. The zero-order chi connectivity index (χ0) is 15.5. The smallest absolute Gasteiger partial charge is 0.328 e. The zero-order valence-corrected chi connectivity index (χ0v) is 11.6. The number of nitro groups is 1. The molecule has 8 heteroatoms. The van der Waals surface area contributed by atoms with E-state index in [-0.39, 0.29) is 22.9 Å². The van der Waals surface area contributed by atoms with E-state index >= 15 is 0 Å². The molecule has 0 saturated carbocycles. The number of aliphatic carboxylic acids is 1.